The second kappa shape index (κ2) is 13.4. The van der Waals surface area contributed by atoms with Crippen LogP contribution in [0.25, 0.3) is 0 Å². The molecule has 46 heavy (non-hydrogen) atoms. The van der Waals surface area contributed by atoms with E-state index in [1.54, 1.807) is 16.9 Å². The van der Waals surface area contributed by atoms with Crippen LogP contribution in [0.1, 0.15) is 47.5 Å². The number of nitrogens with two attached hydrogens (primary N) is 1. The summed E-state index contributed by atoms with van der Waals surface area (Å²) in [6, 6.07) is 16.3. The average Bonchev–Trinajstić information content (AvgIpc) is 3.01. The molecule has 1 heterocycles. The minimum Gasteiger partial charge on any atom is -0.398 e. The van der Waals surface area contributed by atoms with Gasteiger partial charge in [-0.3, -0.25) is 9.69 Å². The number of nitrogen functional groups attached to an aromatic ring is 1. The van der Waals surface area contributed by atoms with E-state index in [9.17, 15) is 34.8 Å². The molecule has 3 aromatic rings. The summed E-state index contributed by atoms with van der Waals surface area (Å²) in [6.45, 7) is 4.32. The maximum atomic E-state index is 13.1. The minimum absolute atomic E-state index is 0.00455. The second-order valence-electron chi connectivity index (χ2n) is 11.6. The molecule has 0 aromatic heterocycles. The molecule has 3 aromatic carbocycles. The van der Waals surface area contributed by atoms with E-state index in [2.05, 4.69) is 21.9 Å². The third-order valence-corrected chi connectivity index (χ3v) is 11.8. The number of sulfonamides is 1. The summed E-state index contributed by atoms with van der Waals surface area (Å²) >= 11 is 6.11. The Hall–Kier alpha value is -3.33. The van der Waals surface area contributed by atoms with Gasteiger partial charge in [0.15, 0.2) is 0 Å². The summed E-state index contributed by atoms with van der Waals surface area (Å²) in [5, 5.41) is 0.741. The van der Waals surface area contributed by atoms with Crippen LogP contribution in [0.2, 0.25) is 5.02 Å². The molecule has 0 spiro atoms. The predicted octanol–water partition coefficient (Wildman–Crippen LogP) is 5.43. The first kappa shape index (κ1) is 34.0. The van der Waals surface area contributed by atoms with Gasteiger partial charge in [0, 0.05) is 49.0 Å². The molecule has 248 valence electrons. The van der Waals surface area contributed by atoms with Crippen molar-refractivity contribution in [1.82, 2.24) is 9.62 Å². The first-order valence-corrected chi connectivity index (χ1v) is 18.1. The molecular formula is C31H34ClF3N4O5S2. The number of alkyl halides is 3. The summed E-state index contributed by atoms with van der Waals surface area (Å²) in [5.41, 5.74) is 1.11. The van der Waals surface area contributed by atoms with Crippen LogP contribution in [0.3, 0.4) is 0 Å². The zero-order valence-electron chi connectivity index (χ0n) is 24.7. The quantitative estimate of drug-likeness (QED) is 0.298. The lowest BCUT2D eigenvalue weighted by Gasteiger charge is -2.40. The number of carbonyl (C=O) groups is 1. The van der Waals surface area contributed by atoms with Crippen LogP contribution >= 0.6 is 11.6 Å². The number of amides is 1. The fourth-order valence-corrected chi connectivity index (χ4v) is 8.31. The number of anilines is 2. The molecule has 0 bridgehead atoms. The van der Waals surface area contributed by atoms with Crippen molar-refractivity contribution in [2.24, 2.45) is 5.92 Å². The highest BCUT2D eigenvalue weighted by molar-refractivity contribution is 7.92. The molecule has 9 nitrogen and oxygen atoms in total. The van der Waals surface area contributed by atoms with Gasteiger partial charge < -0.3 is 10.6 Å². The van der Waals surface area contributed by atoms with E-state index in [1.165, 1.54) is 43.4 Å². The molecule has 1 saturated carbocycles. The van der Waals surface area contributed by atoms with Crippen molar-refractivity contribution < 1.29 is 34.8 Å². The second-order valence-corrected chi connectivity index (χ2v) is 15.6. The van der Waals surface area contributed by atoms with Crippen LogP contribution in [0.5, 0.6) is 0 Å². The number of hydrogen-bond donors (Lipinski definition) is 2. The van der Waals surface area contributed by atoms with Gasteiger partial charge in [-0.05, 0) is 84.8 Å². The minimum atomic E-state index is -5.93. The predicted molar refractivity (Wildman–Crippen MR) is 170 cm³/mol. The fourth-order valence-electron chi connectivity index (χ4n) is 6.20. The number of halogens is 4. The molecule has 15 heteroatoms. The van der Waals surface area contributed by atoms with E-state index >= 15 is 0 Å². The lowest BCUT2D eigenvalue weighted by atomic mass is 9.75. The topological polar surface area (TPSA) is 130 Å². The number of nitrogens with zero attached hydrogens (tertiary/aromatic N) is 2. The third-order valence-electron chi connectivity index (χ3n) is 8.68. The largest absolute Gasteiger partial charge is 0.501 e. The van der Waals surface area contributed by atoms with Gasteiger partial charge in [0.25, 0.3) is 25.8 Å². The monoisotopic (exact) mass is 698 g/mol. The Morgan fingerprint density at radius 2 is 1.52 bits per heavy atom. The highest BCUT2D eigenvalue weighted by atomic mass is 35.5. The Morgan fingerprint density at radius 1 is 0.891 bits per heavy atom. The van der Waals surface area contributed by atoms with E-state index in [-0.39, 0.29) is 11.6 Å². The molecular weight excluding hydrogens is 665 g/mol. The number of piperazine rings is 1. The van der Waals surface area contributed by atoms with Crippen LogP contribution in [0, 0.1) is 5.92 Å². The van der Waals surface area contributed by atoms with Crippen molar-refractivity contribution in [3.63, 3.8) is 0 Å². The maximum Gasteiger partial charge on any atom is 0.501 e. The van der Waals surface area contributed by atoms with E-state index in [0.29, 0.717) is 11.8 Å². The van der Waals surface area contributed by atoms with E-state index in [0.717, 1.165) is 55.6 Å². The zero-order valence-corrected chi connectivity index (χ0v) is 27.1. The fraction of sp³-hybridized carbons (Fsp3) is 0.387. The Kier molecular flexibility index (Phi) is 9.92. The molecule has 2 aliphatic rings. The Morgan fingerprint density at radius 3 is 2.15 bits per heavy atom. The third kappa shape index (κ3) is 7.45. The molecule has 2 atom stereocenters. The summed E-state index contributed by atoms with van der Waals surface area (Å²) in [6.07, 6.45) is 4.83. The van der Waals surface area contributed by atoms with Gasteiger partial charge in [-0.25, -0.2) is 21.6 Å². The zero-order chi connectivity index (χ0) is 33.3. The molecule has 1 amide bonds. The van der Waals surface area contributed by atoms with Crippen molar-refractivity contribution in [3.8, 4) is 0 Å². The molecule has 1 aliphatic heterocycles. The van der Waals surface area contributed by atoms with Gasteiger partial charge in [-0.1, -0.05) is 36.6 Å². The van der Waals surface area contributed by atoms with Crippen LogP contribution in [-0.2, 0) is 19.9 Å². The molecule has 1 aliphatic carbocycles. The Labute approximate surface area is 271 Å². The van der Waals surface area contributed by atoms with Crippen molar-refractivity contribution in [2.75, 3.05) is 43.4 Å². The molecule has 1 saturated heterocycles. The number of sulfone groups is 1. The van der Waals surface area contributed by atoms with Gasteiger partial charge in [-0.15, -0.1) is 0 Å². The highest BCUT2D eigenvalue weighted by Crippen LogP contribution is 2.39. The lowest BCUT2D eigenvalue weighted by Crippen LogP contribution is -2.48. The smallest absolute Gasteiger partial charge is 0.398 e. The van der Waals surface area contributed by atoms with E-state index in [4.69, 9.17) is 17.3 Å². The van der Waals surface area contributed by atoms with Crippen LogP contribution in [0.4, 0.5) is 24.5 Å². The van der Waals surface area contributed by atoms with Crippen molar-refractivity contribution >= 4 is 48.7 Å². The molecule has 0 radical (unpaired) electrons. The number of nitrogens with one attached hydrogen (secondary N) is 1. The van der Waals surface area contributed by atoms with Gasteiger partial charge in [0.1, 0.15) is 4.90 Å². The summed E-state index contributed by atoms with van der Waals surface area (Å²) in [5.74, 6) is 0.0575. The molecule has 3 N–H and O–H groups in total. The summed E-state index contributed by atoms with van der Waals surface area (Å²) < 4.78 is 90.2. The van der Waals surface area contributed by atoms with Crippen LogP contribution < -0.4 is 15.4 Å². The normalized spacial score (nSPS) is 20.0. The lowest BCUT2D eigenvalue weighted by molar-refractivity contribution is -0.0435. The summed E-state index contributed by atoms with van der Waals surface area (Å²) in [7, 11) is -10.7. The molecule has 5 rings (SSSR count). The van der Waals surface area contributed by atoms with Gasteiger partial charge >= 0.3 is 5.51 Å². The Balaban J connectivity index is 1.19. The first-order chi connectivity index (χ1) is 21.7. The summed E-state index contributed by atoms with van der Waals surface area (Å²) in [4.78, 5) is 15.2. The van der Waals surface area contributed by atoms with Crippen LogP contribution in [-0.4, -0.2) is 65.9 Å². The van der Waals surface area contributed by atoms with E-state index < -0.39 is 46.8 Å². The van der Waals surface area contributed by atoms with Gasteiger partial charge in [-0.2, -0.15) is 13.2 Å². The number of carbonyl (C=O) groups excluding carboxylic acids is 1. The molecule has 0 unspecified atom stereocenters. The van der Waals surface area contributed by atoms with Crippen LogP contribution in [0.15, 0.2) is 76.5 Å². The van der Waals surface area contributed by atoms with Gasteiger partial charge in [0.2, 0.25) is 0 Å². The van der Waals surface area contributed by atoms with E-state index in [1.807, 2.05) is 12.1 Å². The van der Waals surface area contributed by atoms with Gasteiger partial charge in [0.05, 0.1) is 10.6 Å². The van der Waals surface area contributed by atoms with Crippen molar-refractivity contribution in [1.29, 1.82) is 0 Å². The SMILES string of the molecule is Nc1ccc(S(=O)(=O)NC(=O)c2ccc(N3CCN(C[C@@H]4CCCC[C@H]4c4ccc(Cl)cc4)CC3)cc2)cc1S(=O)(=O)C(F)(F)F. The highest BCUT2D eigenvalue weighted by Gasteiger charge is 2.48. The maximum absolute atomic E-state index is 13.1. The van der Waals surface area contributed by atoms with Crippen molar-refractivity contribution in [3.05, 3.63) is 82.9 Å². The first-order valence-electron chi connectivity index (χ1n) is 14.8. The number of rotatable bonds is 8. The van der Waals surface area contributed by atoms with Crippen molar-refractivity contribution in [2.45, 2.75) is 46.9 Å². The standard InChI is InChI=1S/C31H34ClF3N4O5S2/c32-24-9-5-21(6-10-24)27-4-2-1-3-23(27)20-38-15-17-39(18-16-38)25-11-7-22(8-12-25)30(40)37-46(43,44)26-13-14-28(36)29(19-26)45(41,42)31(33,34)35/h5-14,19,23,27H,1-4,15-18,20,36H2,(H,37,40)/t23-,27-/m0/s1. The number of benzene rings is 3. The number of hydrogen-bond acceptors (Lipinski definition) is 8. The molecule has 2 fully saturated rings. The average molecular weight is 699 g/mol. The Bertz CT molecular complexity index is 1780.